The van der Waals surface area contributed by atoms with E-state index in [4.69, 9.17) is 5.11 Å². The van der Waals surface area contributed by atoms with Crippen LogP contribution in [0.25, 0.3) is 0 Å². The zero-order valence-electron chi connectivity index (χ0n) is 11.6. The molecule has 1 aliphatic rings. The molecule has 1 atom stereocenters. The first-order valence-electron chi connectivity index (χ1n) is 6.93. The third-order valence-electron chi connectivity index (χ3n) is 3.43. The summed E-state index contributed by atoms with van der Waals surface area (Å²) in [4.78, 5) is 35.9. The van der Waals surface area contributed by atoms with E-state index in [1.165, 1.54) is 0 Å². The Morgan fingerprint density at radius 2 is 2.00 bits per heavy atom. The van der Waals surface area contributed by atoms with E-state index in [-0.39, 0.29) is 30.6 Å². The number of carbonyl (C=O) groups is 3. The molecule has 2 amide bonds. The Bertz CT molecular complexity index is 530. The number of aliphatic carboxylic acids is 1. The zero-order valence-corrected chi connectivity index (χ0v) is 11.6. The molecule has 0 bridgehead atoms. The lowest BCUT2D eigenvalue weighted by Gasteiger charge is -2.16. The number of anilines is 1. The minimum atomic E-state index is -0.879. The number of carbonyl (C=O) groups excluding carboxylic acids is 2. The number of nitrogens with zero attached hydrogens (tertiary/aromatic N) is 1. The summed E-state index contributed by atoms with van der Waals surface area (Å²) in [6.07, 6.45) is 0.615. The highest BCUT2D eigenvalue weighted by Crippen LogP contribution is 2.24. The predicted molar refractivity (Wildman–Crippen MR) is 76.8 cm³/mol. The quantitative estimate of drug-likeness (QED) is 0.766. The fraction of sp³-hybridized carbons (Fsp3) is 0.400. The van der Waals surface area contributed by atoms with Crippen molar-refractivity contribution in [3.05, 3.63) is 30.3 Å². The van der Waals surface area contributed by atoms with Crippen molar-refractivity contribution in [2.24, 2.45) is 5.92 Å². The predicted octanol–water partition coefficient (Wildman–Crippen LogP) is 1.02. The molecule has 0 spiro atoms. The first-order chi connectivity index (χ1) is 10.1. The van der Waals surface area contributed by atoms with Gasteiger partial charge in [-0.2, -0.15) is 0 Å². The Labute approximate surface area is 122 Å². The molecule has 1 fully saturated rings. The van der Waals surface area contributed by atoms with Crippen LogP contribution in [0.3, 0.4) is 0 Å². The summed E-state index contributed by atoms with van der Waals surface area (Å²) in [5, 5.41) is 11.2. The molecular formula is C15H18N2O4. The standard InChI is InChI=1S/C15H18N2O4/c18-13-9-11(15(21)16-8-4-7-14(19)20)10-17(13)12-5-2-1-3-6-12/h1-3,5-6,11H,4,7-10H2,(H,16,21)(H,19,20)/t11-/m1/s1. The third-order valence-corrected chi connectivity index (χ3v) is 3.43. The largest absolute Gasteiger partial charge is 0.481 e. The lowest BCUT2D eigenvalue weighted by Crippen LogP contribution is -2.33. The molecule has 0 saturated carbocycles. The highest BCUT2D eigenvalue weighted by molar-refractivity contribution is 6.00. The van der Waals surface area contributed by atoms with Crippen LogP contribution in [0, 0.1) is 5.92 Å². The summed E-state index contributed by atoms with van der Waals surface area (Å²) < 4.78 is 0. The maximum absolute atomic E-state index is 12.0. The fourth-order valence-corrected chi connectivity index (χ4v) is 2.34. The van der Waals surface area contributed by atoms with Crippen LogP contribution < -0.4 is 10.2 Å². The van der Waals surface area contributed by atoms with Crippen molar-refractivity contribution < 1.29 is 19.5 Å². The van der Waals surface area contributed by atoms with Crippen LogP contribution >= 0.6 is 0 Å². The van der Waals surface area contributed by atoms with E-state index in [2.05, 4.69) is 5.32 Å². The number of nitrogens with one attached hydrogen (secondary N) is 1. The Balaban J connectivity index is 1.84. The van der Waals surface area contributed by atoms with Crippen LogP contribution in [0.2, 0.25) is 0 Å². The average molecular weight is 290 g/mol. The van der Waals surface area contributed by atoms with Gasteiger partial charge in [0.1, 0.15) is 0 Å². The molecule has 0 unspecified atom stereocenters. The van der Waals surface area contributed by atoms with E-state index in [0.29, 0.717) is 19.5 Å². The molecular weight excluding hydrogens is 272 g/mol. The van der Waals surface area contributed by atoms with E-state index in [1.54, 1.807) is 4.90 Å². The molecule has 1 aliphatic heterocycles. The minimum absolute atomic E-state index is 0.0278. The molecule has 1 aromatic rings. The molecule has 0 radical (unpaired) electrons. The molecule has 6 heteroatoms. The van der Waals surface area contributed by atoms with Crippen LogP contribution in [0.1, 0.15) is 19.3 Å². The topological polar surface area (TPSA) is 86.7 Å². The summed E-state index contributed by atoms with van der Waals surface area (Å²) in [5.41, 5.74) is 0.795. The molecule has 2 rings (SSSR count). The van der Waals surface area contributed by atoms with Crippen molar-refractivity contribution in [3.63, 3.8) is 0 Å². The second-order valence-corrected chi connectivity index (χ2v) is 5.03. The van der Waals surface area contributed by atoms with Crippen LogP contribution in [-0.2, 0) is 14.4 Å². The van der Waals surface area contributed by atoms with Crippen molar-refractivity contribution in [3.8, 4) is 0 Å². The molecule has 2 N–H and O–H groups in total. The number of rotatable bonds is 6. The van der Waals surface area contributed by atoms with Crippen molar-refractivity contribution in [1.82, 2.24) is 5.32 Å². The van der Waals surface area contributed by atoms with Gasteiger partial charge in [-0.25, -0.2) is 0 Å². The molecule has 0 aromatic heterocycles. The molecule has 1 aromatic carbocycles. The number of benzene rings is 1. The van der Waals surface area contributed by atoms with Gasteiger partial charge in [0.25, 0.3) is 0 Å². The van der Waals surface area contributed by atoms with Gasteiger partial charge in [0.05, 0.1) is 5.92 Å². The first-order valence-corrected chi connectivity index (χ1v) is 6.93. The van der Waals surface area contributed by atoms with Crippen LogP contribution in [-0.4, -0.2) is 36.0 Å². The molecule has 21 heavy (non-hydrogen) atoms. The van der Waals surface area contributed by atoms with E-state index < -0.39 is 5.97 Å². The van der Waals surface area contributed by atoms with Gasteiger partial charge in [-0.15, -0.1) is 0 Å². The minimum Gasteiger partial charge on any atom is -0.481 e. The number of hydrogen-bond donors (Lipinski definition) is 2. The van der Waals surface area contributed by atoms with Crippen LogP contribution in [0.5, 0.6) is 0 Å². The molecule has 1 heterocycles. The number of amides is 2. The maximum atomic E-state index is 12.0. The van der Waals surface area contributed by atoms with Gasteiger partial charge in [-0.1, -0.05) is 18.2 Å². The number of carboxylic acids is 1. The van der Waals surface area contributed by atoms with Gasteiger partial charge >= 0.3 is 5.97 Å². The van der Waals surface area contributed by atoms with Gasteiger partial charge in [-0.3, -0.25) is 14.4 Å². The maximum Gasteiger partial charge on any atom is 0.303 e. The van der Waals surface area contributed by atoms with Crippen molar-refractivity contribution in [2.75, 3.05) is 18.0 Å². The molecule has 1 saturated heterocycles. The summed E-state index contributed by atoms with van der Waals surface area (Å²) in [7, 11) is 0. The summed E-state index contributed by atoms with van der Waals surface area (Å²) in [6.45, 7) is 0.689. The molecule has 112 valence electrons. The van der Waals surface area contributed by atoms with Gasteiger partial charge in [0.2, 0.25) is 11.8 Å². The first kappa shape index (κ1) is 15.0. The SMILES string of the molecule is O=C(O)CCCNC(=O)[C@@H]1CC(=O)N(c2ccccc2)C1. The highest BCUT2D eigenvalue weighted by atomic mass is 16.4. The number of hydrogen-bond acceptors (Lipinski definition) is 3. The third kappa shape index (κ3) is 4.05. The summed E-state index contributed by atoms with van der Waals surface area (Å²) in [6, 6.07) is 9.25. The van der Waals surface area contributed by atoms with Crippen molar-refractivity contribution >= 4 is 23.5 Å². The number of carboxylic acid groups (broad SMARTS) is 1. The smallest absolute Gasteiger partial charge is 0.303 e. The van der Waals surface area contributed by atoms with E-state index in [9.17, 15) is 14.4 Å². The van der Waals surface area contributed by atoms with Gasteiger partial charge in [-0.05, 0) is 18.6 Å². The molecule has 6 nitrogen and oxygen atoms in total. The Hall–Kier alpha value is -2.37. The van der Waals surface area contributed by atoms with Crippen LogP contribution in [0.4, 0.5) is 5.69 Å². The molecule has 0 aliphatic carbocycles. The van der Waals surface area contributed by atoms with E-state index >= 15 is 0 Å². The lowest BCUT2D eigenvalue weighted by molar-refractivity contribution is -0.137. The highest BCUT2D eigenvalue weighted by Gasteiger charge is 2.34. The van der Waals surface area contributed by atoms with Gasteiger partial charge in [0, 0.05) is 31.6 Å². The Kier molecular flexibility index (Phi) is 4.92. The summed E-state index contributed by atoms with van der Waals surface area (Å²) >= 11 is 0. The normalized spacial score (nSPS) is 17.8. The fourth-order valence-electron chi connectivity index (χ4n) is 2.34. The monoisotopic (exact) mass is 290 g/mol. The van der Waals surface area contributed by atoms with Crippen molar-refractivity contribution in [1.29, 1.82) is 0 Å². The van der Waals surface area contributed by atoms with E-state index in [1.807, 2.05) is 30.3 Å². The van der Waals surface area contributed by atoms with Crippen molar-refractivity contribution in [2.45, 2.75) is 19.3 Å². The second kappa shape index (κ2) is 6.88. The van der Waals surface area contributed by atoms with Gasteiger partial charge in [0.15, 0.2) is 0 Å². The lowest BCUT2D eigenvalue weighted by atomic mass is 10.1. The Morgan fingerprint density at radius 1 is 1.29 bits per heavy atom. The Morgan fingerprint density at radius 3 is 2.67 bits per heavy atom. The van der Waals surface area contributed by atoms with E-state index in [0.717, 1.165) is 5.69 Å². The second-order valence-electron chi connectivity index (χ2n) is 5.03. The summed E-state index contributed by atoms with van der Waals surface area (Å²) in [5.74, 6) is -1.50. The van der Waals surface area contributed by atoms with Crippen LogP contribution in [0.15, 0.2) is 30.3 Å². The van der Waals surface area contributed by atoms with Gasteiger partial charge < -0.3 is 15.3 Å². The zero-order chi connectivity index (χ0) is 15.2. The number of para-hydroxylation sites is 1. The average Bonchev–Trinajstić information content (AvgIpc) is 2.86.